The number of carbonyl (C=O) groups is 1. The molecule has 1 amide bonds. The highest BCUT2D eigenvalue weighted by Gasteiger charge is 2.18. The Labute approximate surface area is 102 Å². The van der Waals surface area contributed by atoms with Crippen molar-refractivity contribution in [2.45, 2.75) is 47.0 Å². The van der Waals surface area contributed by atoms with Gasteiger partial charge >= 0.3 is 0 Å². The molecule has 2 nitrogen and oxygen atoms in total. The molecule has 0 aromatic heterocycles. The van der Waals surface area contributed by atoms with E-state index in [1.54, 1.807) is 0 Å². The lowest BCUT2D eigenvalue weighted by Gasteiger charge is -2.24. The highest BCUT2D eigenvalue weighted by molar-refractivity contribution is 9.09. The molecule has 90 valence electrons. The van der Waals surface area contributed by atoms with Crippen molar-refractivity contribution >= 4 is 21.8 Å². The Morgan fingerprint density at radius 3 is 2.53 bits per heavy atom. The molecule has 15 heavy (non-hydrogen) atoms. The van der Waals surface area contributed by atoms with Crippen LogP contribution in [0.25, 0.3) is 0 Å². The Kier molecular flexibility index (Phi) is 7.24. The summed E-state index contributed by atoms with van der Waals surface area (Å²) in [6.07, 6.45) is 2.80. The second kappa shape index (κ2) is 7.26. The van der Waals surface area contributed by atoms with Crippen molar-refractivity contribution in [1.29, 1.82) is 0 Å². The van der Waals surface area contributed by atoms with Gasteiger partial charge in [0.05, 0.1) is 0 Å². The summed E-state index contributed by atoms with van der Waals surface area (Å²) >= 11 is 3.43. The summed E-state index contributed by atoms with van der Waals surface area (Å²) in [6.45, 7) is 9.36. The maximum Gasteiger partial charge on any atom is 0.220 e. The van der Waals surface area contributed by atoms with Crippen molar-refractivity contribution in [3.05, 3.63) is 0 Å². The van der Waals surface area contributed by atoms with Crippen molar-refractivity contribution in [2.75, 3.05) is 11.9 Å². The first-order chi connectivity index (χ1) is 6.91. The normalized spacial score (nSPS) is 13.7. The summed E-state index contributed by atoms with van der Waals surface area (Å²) < 4.78 is 0. The predicted molar refractivity (Wildman–Crippen MR) is 69.3 cm³/mol. The van der Waals surface area contributed by atoms with Crippen molar-refractivity contribution < 1.29 is 4.79 Å². The number of halogens is 1. The van der Waals surface area contributed by atoms with Crippen LogP contribution in [0.3, 0.4) is 0 Å². The summed E-state index contributed by atoms with van der Waals surface area (Å²) in [7, 11) is 0. The summed E-state index contributed by atoms with van der Waals surface area (Å²) in [4.78, 5) is 11.5. The molecule has 0 rings (SSSR count). The Bertz CT molecular complexity index is 192. The third-order valence-electron chi connectivity index (χ3n) is 2.77. The number of amides is 1. The molecule has 0 bridgehead atoms. The van der Waals surface area contributed by atoms with Crippen LogP contribution in [0.2, 0.25) is 0 Å². The van der Waals surface area contributed by atoms with E-state index in [9.17, 15) is 4.79 Å². The Hall–Kier alpha value is -0.0500. The molecule has 0 aromatic rings. The van der Waals surface area contributed by atoms with E-state index < -0.39 is 0 Å². The van der Waals surface area contributed by atoms with E-state index in [1.807, 2.05) is 0 Å². The van der Waals surface area contributed by atoms with Crippen LogP contribution in [0, 0.1) is 11.3 Å². The maximum absolute atomic E-state index is 11.5. The number of hydrogen-bond acceptors (Lipinski definition) is 1. The molecule has 0 radical (unpaired) electrons. The first-order valence-electron chi connectivity index (χ1n) is 5.74. The van der Waals surface area contributed by atoms with Gasteiger partial charge in [-0.15, -0.1) is 0 Å². The van der Waals surface area contributed by atoms with Crippen LogP contribution in [0.5, 0.6) is 0 Å². The second-order valence-corrected chi connectivity index (χ2v) is 5.89. The highest BCUT2D eigenvalue weighted by Crippen LogP contribution is 2.20. The van der Waals surface area contributed by atoms with Crippen LogP contribution in [-0.2, 0) is 4.79 Å². The summed E-state index contributed by atoms with van der Waals surface area (Å²) in [5.41, 5.74) is 0.189. The molecule has 0 saturated carbocycles. The van der Waals surface area contributed by atoms with Gasteiger partial charge in [-0.2, -0.15) is 0 Å². The van der Waals surface area contributed by atoms with Crippen molar-refractivity contribution in [1.82, 2.24) is 5.32 Å². The van der Waals surface area contributed by atoms with Crippen LogP contribution in [0.1, 0.15) is 47.0 Å². The first kappa shape index (κ1) is 14.9. The van der Waals surface area contributed by atoms with Crippen LogP contribution >= 0.6 is 15.9 Å². The van der Waals surface area contributed by atoms with Gasteiger partial charge in [-0.3, -0.25) is 4.79 Å². The minimum atomic E-state index is 0.187. The lowest BCUT2D eigenvalue weighted by Crippen LogP contribution is -2.34. The number of hydrogen-bond donors (Lipinski definition) is 1. The fourth-order valence-electron chi connectivity index (χ4n) is 1.22. The number of carbonyl (C=O) groups excluding carboxylic acids is 1. The third-order valence-corrected chi connectivity index (χ3v) is 3.16. The van der Waals surface area contributed by atoms with Crippen molar-refractivity contribution in [3.63, 3.8) is 0 Å². The molecular formula is C12H24BrNO. The zero-order chi connectivity index (χ0) is 11.9. The van der Waals surface area contributed by atoms with E-state index in [1.165, 1.54) is 0 Å². The lowest BCUT2D eigenvalue weighted by atomic mass is 9.90. The zero-order valence-electron chi connectivity index (χ0n) is 10.4. The Morgan fingerprint density at radius 2 is 2.07 bits per heavy atom. The molecule has 1 N–H and O–H groups in total. The molecule has 0 aliphatic rings. The van der Waals surface area contributed by atoms with E-state index >= 15 is 0 Å². The van der Waals surface area contributed by atoms with Crippen LogP contribution in [0.15, 0.2) is 0 Å². The van der Waals surface area contributed by atoms with E-state index in [-0.39, 0.29) is 11.3 Å². The van der Waals surface area contributed by atoms with Gasteiger partial charge in [-0.25, -0.2) is 0 Å². The van der Waals surface area contributed by atoms with Gasteiger partial charge in [0.25, 0.3) is 0 Å². The third kappa shape index (κ3) is 7.83. The Balaban J connectivity index is 3.79. The molecule has 0 fully saturated rings. The molecule has 1 unspecified atom stereocenters. The lowest BCUT2D eigenvalue weighted by molar-refractivity contribution is -0.122. The molecule has 1 atom stereocenters. The van der Waals surface area contributed by atoms with Crippen LogP contribution < -0.4 is 5.32 Å². The molecule has 0 aliphatic carbocycles. The molecule has 0 saturated heterocycles. The standard InChI is InChI=1S/C12H24BrNO/c1-5-10(2)8-11(15)14-9-12(3,4)6-7-13/h10H,5-9H2,1-4H3,(H,14,15). The van der Waals surface area contributed by atoms with Crippen molar-refractivity contribution in [2.24, 2.45) is 11.3 Å². The quantitative estimate of drug-likeness (QED) is 0.711. The number of alkyl halides is 1. The summed E-state index contributed by atoms with van der Waals surface area (Å²) in [5, 5.41) is 4.00. The molecule has 0 spiro atoms. The molecule has 0 aliphatic heterocycles. The van der Waals surface area contributed by atoms with Gasteiger partial charge in [0.2, 0.25) is 5.91 Å². The average molecular weight is 278 g/mol. The Morgan fingerprint density at radius 1 is 1.47 bits per heavy atom. The maximum atomic E-state index is 11.5. The summed E-state index contributed by atoms with van der Waals surface area (Å²) in [6, 6.07) is 0. The fraction of sp³-hybridized carbons (Fsp3) is 0.917. The van der Waals surface area contributed by atoms with Gasteiger partial charge in [-0.05, 0) is 17.8 Å². The fourth-order valence-corrected chi connectivity index (χ4v) is 2.29. The largest absolute Gasteiger partial charge is 0.356 e. The van der Waals surface area contributed by atoms with Gasteiger partial charge in [0.1, 0.15) is 0 Å². The minimum absolute atomic E-state index is 0.187. The number of nitrogens with one attached hydrogen (secondary N) is 1. The zero-order valence-corrected chi connectivity index (χ0v) is 12.0. The van der Waals surface area contributed by atoms with Gasteiger partial charge in [-0.1, -0.05) is 50.0 Å². The second-order valence-electron chi connectivity index (χ2n) is 5.10. The van der Waals surface area contributed by atoms with Crippen LogP contribution in [-0.4, -0.2) is 17.8 Å². The van der Waals surface area contributed by atoms with Gasteiger partial charge < -0.3 is 5.32 Å². The SMILES string of the molecule is CCC(C)CC(=O)NCC(C)(C)CCBr. The molecular weight excluding hydrogens is 254 g/mol. The van der Waals surface area contributed by atoms with E-state index in [0.29, 0.717) is 12.3 Å². The highest BCUT2D eigenvalue weighted by atomic mass is 79.9. The van der Waals surface area contributed by atoms with Gasteiger partial charge in [0.15, 0.2) is 0 Å². The number of rotatable bonds is 7. The molecule has 3 heteroatoms. The molecule has 0 heterocycles. The summed E-state index contributed by atoms with van der Waals surface area (Å²) in [5.74, 6) is 0.677. The average Bonchev–Trinajstić information content (AvgIpc) is 2.15. The minimum Gasteiger partial charge on any atom is -0.356 e. The van der Waals surface area contributed by atoms with Crippen LogP contribution in [0.4, 0.5) is 0 Å². The monoisotopic (exact) mass is 277 g/mol. The predicted octanol–water partition coefficient (Wildman–Crippen LogP) is 3.35. The topological polar surface area (TPSA) is 29.1 Å². The van der Waals surface area contributed by atoms with Crippen molar-refractivity contribution in [3.8, 4) is 0 Å². The van der Waals surface area contributed by atoms with E-state index in [0.717, 1.165) is 24.7 Å². The molecule has 0 aromatic carbocycles. The van der Waals surface area contributed by atoms with Gasteiger partial charge in [0, 0.05) is 18.3 Å². The van der Waals surface area contributed by atoms with E-state index in [2.05, 4.69) is 48.9 Å². The van der Waals surface area contributed by atoms with E-state index in [4.69, 9.17) is 0 Å². The smallest absolute Gasteiger partial charge is 0.220 e. The first-order valence-corrected chi connectivity index (χ1v) is 6.86.